The van der Waals surface area contributed by atoms with Gasteiger partial charge >= 0.3 is 24.4 Å². The van der Waals surface area contributed by atoms with Gasteiger partial charge < -0.3 is 39.3 Å². The molecule has 0 heterocycles. The fourth-order valence-corrected chi connectivity index (χ4v) is 3.89. The highest BCUT2D eigenvalue weighted by molar-refractivity contribution is 5.75. The Morgan fingerprint density at radius 2 is 1.36 bits per heavy atom. The molecule has 0 spiro atoms. The third kappa shape index (κ3) is 11.8. The molecule has 5 atom stereocenters. The monoisotopic (exact) mass is 555 g/mol. The van der Waals surface area contributed by atoms with E-state index >= 15 is 0 Å². The highest BCUT2D eigenvalue weighted by atomic mass is 16.8. The van der Waals surface area contributed by atoms with Gasteiger partial charge in [0, 0.05) is 5.92 Å². The zero-order valence-corrected chi connectivity index (χ0v) is 23.5. The molecule has 1 rings (SSSR count). The number of ether oxygens (including phenoxy) is 6. The van der Waals surface area contributed by atoms with Crippen LogP contribution in [0.4, 0.5) is 14.4 Å². The van der Waals surface area contributed by atoms with Crippen LogP contribution in [0.15, 0.2) is 18.2 Å². The number of nitrogens with two attached hydrogens (primary N) is 1. The van der Waals surface area contributed by atoms with Crippen molar-refractivity contribution in [1.82, 2.24) is 0 Å². The zero-order valence-electron chi connectivity index (χ0n) is 23.5. The average molecular weight is 556 g/mol. The zero-order chi connectivity index (χ0) is 29.5. The molecule has 0 aliphatic rings. The van der Waals surface area contributed by atoms with Crippen LogP contribution >= 0.6 is 0 Å². The van der Waals surface area contributed by atoms with Crippen molar-refractivity contribution >= 4 is 24.4 Å². The van der Waals surface area contributed by atoms with Crippen LogP contribution in [0, 0.1) is 5.92 Å². The van der Waals surface area contributed by atoms with E-state index in [1.165, 1.54) is 18.2 Å². The summed E-state index contributed by atoms with van der Waals surface area (Å²) in [5.41, 5.74) is 6.33. The van der Waals surface area contributed by atoms with E-state index in [-0.39, 0.29) is 24.7 Å². The van der Waals surface area contributed by atoms with E-state index in [1.807, 2.05) is 13.8 Å². The summed E-state index contributed by atoms with van der Waals surface area (Å²) >= 11 is 0. The second kappa shape index (κ2) is 17.1. The van der Waals surface area contributed by atoms with Gasteiger partial charge in [-0.15, -0.1) is 0 Å². The van der Waals surface area contributed by atoms with Crippen LogP contribution < -0.4 is 15.2 Å². The normalized spacial score (nSPS) is 14.6. The maximum absolute atomic E-state index is 12.5. The van der Waals surface area contributed by atoms with Gasteiger partial charge in [0.15, 0.2) is 11.5 Å². The minimum Gasteiger partial charge on any atom is -0.480 e. The molecule has 0 amide bonds. The van der Waals surface area contributed by atoms with Gasteiger partial charge in [0.25, 0.3) is 0 Å². The van der Waals surface area contributed by atoms with Crippen LogP contribution in [0.1, 0.15) is 78.7 Å². The summed E-state index contributed by atoms with van der Waals surface area (Å²) in [6.45, 7) is 10.5. The van der Waals surface area contributed by atoms with Crippen LogP contribution in [-0.4, -0.2) is 61.0 Å². The molecule has 0 saturated heterocycles. The lowest BCUT2D eigenvalue weighted by Gasteiger charge is -2.28. The topological polar surface area (TPSA) is 170 Å². The SMILES string of the molecule is CCCC(C)OC(=O)Oc1ccc(C(C(C)COC(=O)OCC)[C@H](N)C(=O)O)cc1OC(=O)OC(C)CCC. The van der Waals surface area contributed by atoms with E-state index in [1.54, 1.807) is 27.7 Å². The first-order valence-electron chi connectivity index (χ1n) is 13.1. The minimum absolute atomic E-state index is 0.111. The van der Waals surface area contributed by atoms with Crippen LogP contribution in [0.2, 0.25) is 0 Å². The molecule has 1 aromatic carbocycles. The van der Waals surface area contributed by atoms with Crippen LogP contribution in [-0.2, 0) is 23.7 Å². The van der Waals surface area contributed by atoms with Gasteiger partial charge in [-0.2, -0.15) is 0 Å². The molecule has 4 unspecified atom stereocenters. The first-order chi connectivity index (χ1) is 18.4. The summed E-state index contributed by atoms with van der Waals surface area (Å²) in [5.74, 6) is -3.16. The number of carbonyl (C=O) groups excluding carboxylic acids is 3. The Hall–Kier alpha value is -3.54. The predicted octanol–water partition coefficient (Wildman–Crippen LogP) is 5.40. The third-order valence-electron chi connectivity index (χ3n) is 5.74. The average Bonchev–Trinajstić information content (AvgIpc) is 2.84. The van der Waals surface area contributed by atoms with E-state index in [0.717, 1.165) is 12.8 Å². The highest BCUT2D eigenvalue weighted by Crippen LogP contribution is 2.36. The van der Waals surface area contributed by atoms with E-state index in [4.69, 9.17) is 34.2 Å². The van der Waals surface area contributed by atoms with Gasteiger partial charge in [0.1, 0.15) is 18.2 Å². The molecule has 220 valence electrons. The Labute approximate surface area is 229 Å². The van der Waals surface area contributed by atoms with Crippen molar-refractivity contribution in [3.63, 3.8) is 0 Å². The summed E-state index contributed by atoms with van der Waals surface area (Å²) in [5, 5.41) is 9.64. The van der Waals surface area contributed by atoms with Gasteiger partial charge in [-0.25, -0.2) is 14.4 Å². The second-order valence-electron chi connectivity index (χ2n) is 9.21. The molecule has 39 heavy (non-hydrogen) atoms. The van der Waals surface area contributed by atoms with Crippen LogP contribution in [0.5, 0.6) is 11.5 Å². The Morgan fingerprint density at radius 1 is 0.821 bits per heavy atom. The van der Waals surface area contributed by atoms with Crippen molar-refractivity contribution in [2.45, 2.75) is 91.4 Å². The van der Waals surface area contributed by atoms with Crippen molar-refractivity contribution in [3.8, 4) is 11.5 Å². The van der Waals surface area contributed by atoms with Gasteiger partial charge in [-0.05, 0) is 57.2 Å². The van der Waals surface area contributed by atoms with Gasteiger partial charge in [0.2, 0.25) is 0 Å². The first-order valence-corrected chi connectivity index (χ1v) is 13.1. The molecule has 0 saturated carbocycles. The quantitative estimate of drug-likeness (QED) is 0.161. The summed E-state index contributed by atoms with van der Waals surface area (Å²) in [6.07, 6.45) is -0.970. The fourth-order valence-electron chi connectivity index (χ4n) is 3.89. The Bertz CT molecular complexity index is 952. The Morgan fingerprint density at radius 3 is 1.85 bits per heavy atom. The van der Waals surface area contributed by atoms with Crippen molar-refractivity contribution in [2.75, 3.05) is 13.2 Å². The Kier molecular flexibility index (Phi) is 14.7. The maximum atomic E-state index is 12.5. The number of carboxylic acid groups (broad SMARTS) is 1. The lowest BCUT2D eigenvalue weighted by molar-refractivity contribution is -0.139. The van der Waals surface area contributed by atoms with E-state index in [9.17, 15) is 24.3 Å². The van der Waals surface area contributed by atoms with E-state index in [2.05, 4.69) is 0 Å². The van der Waals surface area contributed by atoms with Gasteiger partial charge in [0.05, 0.1) is 13.2 Å². The van der Waals surface area contributed by atoms with Crippen molar-refractivity contribution in [1.29, 1.82) is 0 Å². The molecule has 12 nitrogen and oxygen atoms in total. The maximum Gasteiger partial charge on any atom is 0.514 e. The molecule has 12 heteroatoms. The number of aliphatic carboxylic acids is 1. The van der Waals surface area contributed by atoms with Crippen LogP contribution in [0.3, 0.4) is 0 Å². The smallest absolute Gasteiger partial charge is 0.480 e. The number of carboxylic acids is 1. The minimum atomic E-state index is -1.41. The van der Waals surface area contributed by atoms with Crippen LogP contribution in [0.25, 0.3) is 0 Å². The van der Waals surface area contributed by atoms with Gasteiger partial charge in [-0.3, -0.25) is 4.79 Å². The van der Waals surface area contributed by atoms with Crippen molar-refractivity contribution in [2.24, 2.45) is 11.7 Å². The molecule has 0 aliphatic heterocycles. The number of carbonyl (C=O) groups is 4. The molecule has 0 fully saturated rings. The number of hydrogen-bond acceptors (Lipinski definition) is 11. The molecule has 3 N–H and O–H groups in total. The lowest BCUT2D eigenvalue weighted by Crippen LogP contribution is -2.40. The molecule has 0 radical (unpaired) electrons. The largest absolute Gasteiger partial charge is 0.514 e. The third-order valence-corrected chi connectivity index (χ3v) is 5.74. The molecule has 0 aromatic heterocycles. The summed E-state index contributed by atoms with van der Waals surface area (Å²) < 4.78 is 31.0. The standard InChI is InChI=1S/C27H41NO11/c1-7-10-17(5)36-26(32)38-20-13-12-19(14-21(20)39-27(33)37-18(6)11-8-2)22(23(28)24(29)30)16(4)15-35-25(31)34-9-3/h12-14,16-18,22-23H,7-11,15,28H2,1-6H3,(H,29,30)/t16?,17?,18?,22?,23-/m0/s1. The summed E-state index contributed by atoms with van der Waals surface area (Å²) in [7, 11) is 0. The van der Waals surface area contributed by atoms with E-state index in [0.29, 0.717) is 18.4 Å². The Balaban J connectivity index is 3.35. The van der Waals surface area contributed by atoms with E-state index < -0.39 is 54.5 Å². The lowest BCUT2D eigenvalue weighted by atomic mass is 9.82. The first kappa shape index (κ1) is 33.5. The highest BCUT2D eigenvalue weighted by Gasteiger charge is 2.33. The predicted molar refractivity (Wildman–Crippen MR) is 140 cm³/mol. The molecule has 1 aromatic rings. The molecule has 0 aliphatic carbocycles. The summed E-state index contributed by atoms with van der Waals surface area (Å²) in [6, 6.07) is 2.73. The number of benzene rings is 1. The number of hydrogen-bond donors (Lipinski definition) is 2. The van der Waals surface area contributed by atoms with Gasteiger partial charge in [-0.1, -0.05) is 39.7 Å². The second-order valence-corrected chi connectivity index (χ2v) is 9.21. The molecule has 0 bridgehead atoms. The van der Waals surface area contributed by atoms with Crippen molar-refractivity contribution in [3.05, 3.63) is 23.8 Å². The summed E-state index contributed by atoms with van der Waals surface area (Å²) in [4.78, 5) is 48.3. The van der Waals surface area contributed by atoms with Crippen molar-refractivity contribution < 1.29 is 52.7 Å². The number of rotatable bonds is 15. The molecular formula is C27H41NO11. The molecular weight excluding hydrogens is 514 g/mol. The fraction of sp³-hybridized carbons (Fsp3) is 0.630.